The van der Waals surface area contributed by atoms with Gasteiger partial charge in [0.15, 0.2) is 5.82 Å². The standard InChI is InChI=1S/C9H14N4O3/c10-5(4-7(14)15)9-12-8(13-16-9)6-2-1-3-11-6/h5-6,11H,1-4,10H2,(H,14,15)/t5-,6-/m0/s1. The van der Waals surface area contributed by atoms with Crippen molar-refractivity contribution in [2.75, 3.05) is 6.54 Å². The van der Waals surface area contributed by atoms with Crippen LogP contribution in [-0.2, 0) is 4.79 Å². The van der Waals surface area contributed by atoms with Crippen LogP contribution in [0.3, 0.4) is 0 Å². The summed E-state index contributed by atoms with van der Waals surface area (Å²) in [4.78, 5) is 14.6. The molecule has 4 N–H and O–H groups in total. The van der Waals surface area contributed by atoms with Crippen LogP contribution in [0.2, 0.25) is 0 Å². The van der Waals surface area contributed by atoms with Crippen molar-refractivity contribution in [1.82, 2.24) is 15.5 Å². The summed E-state index contributed by atoms with van der Waals surface area (Å²) in [5, 5.41) is 15.6. The fraction of sp³-hybridized carbons (Fsp3) is 0.667. The highest BCUT2D eigenvalue weighted by atomic mass is 16.5. The second-order valence-corrected chi connectivity index (χ2v) is 3.84. The molecule has 0 aromatic carbocycles. The molecule has 1 aliphatic rings. The van der Waals surface area contributed by atoms with Gasteiger partial charge in [0.05, 0.1) is 18.5 Å². The van der Waals surface area contributed by atoms with Crippen LogP contribution < -0.4 is 11.1 Å². The number of nitrogens with zero attached hydrogens (tertiary/aromatic N) is 2. The van der Waals surface area contributed by atoms with Crippen molar-refractivity contribution in [3.05, 3.63) is 11.7 Å². The normalized spacial score (nSPS) is 22.2. The number of nitrogens with two attached hydrogens (primary N) is 1. The number of carboxylic acids is 1. The average Bonchev–Trinajstić information content (AvgIpc) is 2.87. The molecule has 1 aromatic heterocycles. The summed E-state index contributed by atoms with van der Waals surface area (Å²) in [6.45, 7) is 0.940. The van der Waals surface area contributed by atoms with Crippen LogP contribution >= 0.6 is 0 Å². The van der Waals surface area contributed by atoms with Crippen molar-refractivity contribution in [2.24, 2.45) is 5.73 Å². The van der Waals surface area contributed by atoms with Gasteiger partial charge in [0.2, 0.25) is 5.89 Å². The molecule has 1 aliphatic heterocycles. The van der Waals surface area contributed by atoms with E-state index in [1.165, 1.54) is 0 Å². The SMILES string of the molecule is N[C@@H](CC(=O)O)c1nc([C@@H]2CCCN2)no1. The second kappa shape index (κ2) is 4.58. The number of carbonyl (C=O) groups is 1. The molecular weight excluding hydrogens is 212 g/mol. The zero-order valence-electron chi connectivity index (χ0n) is 8.72. The van der Waals surface area contributed by atoms with Gasteiger partial charge < -0.3 is 20.7 Å². The number of rotatable bonds is 4. The monoisotopic (exact) mass is 226 g/mol. The molecule has 0 radical (unpaired) electrons. The van der Waals surface area contributed by atoms with Crippen LogP contribution in [0.25, 0.3) is 0 Å². The van der Waals surface area contributed by atoms with Gasteiger partial charge in [-0.15, -0.1) is 0 Å². The van der Waals surface area contributed by atoms with E-state index in [1.54, 1.807) is 0 Å². The third kappa shape index (κ3) is 2.37. The third-order valence-electron chi connectivity index (χ3n) is 2.54. The van der Waals surface area contributed by atoms with Crippen molar-refractivity contribution >= 4 is 5.97 Å². The minimum Gasteiger partial charge on any atom is -0.481 e. The summed E-state index contributed by atoms with van der Waals surface area (Å²) >= 11 is 0. The molecule has 1 saturated heterocycles. The Balaban J connectivity index is 2.03. The Hall–Kier alpha value is -1.47. The summed E-state index contributed by atoms with van der Waals surface area (Å²) in [7, 11) is 0. The number of aliphatic carboxylic acids is 1. The highest BCUT2D eigenvalue weighted by Crippen LogP contribution is 2.21. The molecule has 2 rings (SSSR count). The Morgan fingerprint density at radius 2 is 2.56 bits per heavy atom. The van der Waals surface area contributed by atoms with Gasteiger partial charge in [0.25, 0.3) is 0 Å². The lowest BCUT2D eigenvalue weighted by atomic mass is 10.2. The Kier molecular flexibility index (Phi) is 3.16. The fourth-order valence-electron chi connectivity index (χ4n) is 1.72. The lowest BCUT2D eigenvalue weighted by Gasteiger charge is -2.03. The molecule has 7 heteroatoms. The highest BCUT2D eigenvalue weighted by Gasteiger charge is 2.24. The molecule has 2 heterocycles. The minimum absolute atomic E-state index is 0.106. The number of carboxylic acid groups (broad SMARTS) is 1. The van der Waals surface area contributed by atoms with E-state index in [0.29, 0.717) is 5.82 Å². The summed E-state index contributed by atoms with van der Waals surface area (Å²) in [5.41, 5.74) is 5.61. The first-order chi connectivity index (χ1) is 7.66. The molecule has 16 heavy (non-hydrogen) atoms. The van der Waals surface area contributed by atoms with Gasteiger partial charge >= 0.3 is 5.97 Å². The van der Waals surface area contributed by atoms with E-state index in [-0.39, 0.29) is 18.4 Å². The molecular formula is C9H14N4O3. The van der Waals surface area contributed by atoms with Gasteiger partial charge in [0, 0.05) is 0 Å². The van der Waals surface area contributed by atoms with Crippen LogP contribution in [0, 0.1) is 0 Å². The lowest BCUT2D eigenvalue weighted by Crippen LogP contribution is -2.17. The Morgan fingerprint density at radius 3 is 3.19 bits per heavy atom. The molecule has 7 nitrogen and oxygen atoms in total. The fourth-order valence-corrected chi connectivity index (χ4v) is 1.72. The summed E-state index contributed by atoms with van der Waals surface area (Å²) in [6, 6.07) is -0.630. The smallest absolute Gasteiger partial charge is 0.305 e. The van der Waals surface area contributed by atoms with Crippen LogP contribution in [0.5, 0.6) is 0 Å². The van der Waals surface area contributed by atoms with Gasteiger partial charge in [-0.3, -0.25) is 4.79 Å². The topological polar surface area (TPSA) is 114 Å². The largest absolute Gasteiger partial charge is 0.481 e. The molecule has 0 amide bonds. The lowest BCUT2D eigenvalue weighted by molar-refractivity contribution is -0.137. The first-order valence-electron chi connectivity index (χ1n) is 5.21. The average molecular weight is 226 g/mol. The van der Waals surface area contributed by atoms with Crippen molar-refractivity contribution in [2.45, 2.75) is 31.3 Å². The zero-order valence-corrected chi connectivity index (χ0v) is 8.72. The van der Waals surface area contributed by atoms with E-state index in [4.69, 9.17) is 15.4 Å². The van der Waals surface area contributed by atoms with E-state index < -0.39 is 12.0 Å². The predicted molar refractivity (Wildman–Crippen MR) is 53.5 cm³/mol. The molecule has 1 aromatic rings. The van der Waals surface area contributed by atoms with Crippen LogP contribution in [0.15, 0.2) is 4.52 Å². The summed E-state index contributed by atoms with van der Waals surface area (Å²) in [5.74, 6) is -0.231. The zero-order chi connectivity index (χ0) is 11.5. The van der Waals surface area contributed by atoms with E-state index in [1.807, 2.05) is 0 Å². The molecule has 0 unspecified atom stereocenters. The highest BCUT2D eigenvalue weighted by molar-refractivity contribution is 5.67. The third-order valence-corrected chi connectivity index (χ3v) is 2.54. The van der Waals surface area contributed by atoms with E-state index in [9.17, 15) is 4.79 Å². The Morgan fingerprint density at radius 1 is 1.75 bits per heavy atom. The number of hydrogen-bond acceptors (Lipinski definition) is 6. The van der Waals surface area contributed by atoms with Crippen molar-refractivity contribution in [3.63, 3.8) is 0 Å². The molecule has 0 aliphatic carbocycles. The quantitative estimate of drug-likeness (QED) is 0.660. The Bertz CT molecular complexity index is 373. The van der Waals surface area contributed by atoms with Gasteiger partial charge in [-0.25, -0.2) is 0 Å². The van der Waals surface area contributed by atoms with Crippen molar-refractivity contribution < 1.29 is 14.4 Å². The maximum atomic E-state index is 10.5. The van der Waals surface area contributed by atoms with E-state index >= 15 is 0 Å². The van der Waals surface area contributed by atoms with Crippen molar-refractivity contribution in [3.8, 4) is 0 Å². The number of aromatic nitrogens is 2. The number of hydrogen-bond donors (Lipinski definition) is 3. The van der Waals surface area contributed by atoms with Crippen LogP contribution in [-0.4, -0.2) is 27.8 Å². The molecule has 2 atom stereocenters. The summed E-state index contributed by atoms with van der Waals surface area (Å²) < 4.78 is 4.95. The van der Waals surface area contributed by atoms with E-state index in [2.05, 4.69) is 15.5 Å². The van der Waals surface area contributed by atoms with Gasteiger partial charge in [-0.05, 0) is 19.4 Å². The molecule has 0 spiro atoms. The molecule has 1 fully saturated rings. The van der Waals surface area contributed by atoms with Gasteiger partial charge in [-0.1, -0.05) is 5.16 Å². The van der Waals surface area contributed by atoms with Crippen LogP contribution in [0.4, 0.5) is 0 Å². The minimum atomic E-state index is -0.980. The molecule has 0 saturated carbocycles. The maximum absolute atomic E-state index is 10.5. The summed E-state index contributed by atoms with van der Waals surface area (Å²) in [6.07, 6.45) is 1.84. The first-order valence-corrected chi connectivity index (χ1v) is 5.21. The van der Waals surface area contributed by atoms with E-state index in [0.717, 1.165) is 19.4 Å². The molecule has 88 valence electrons. The number of nitrogens with one attached hydrogen (secondary N) is 1. The molecule has 0 bridgehead atoms. The second-order valence-electron chi connectivity index (χ2n) is 3.84. The van der Waals surface area contributed by atoms with Crippen LogP contribution in [0.1, 0.15) is 43.1 Å². The predicted octanol–water partition coefficient (Wildman–Crippen LogP) is -0.0314. The van der Waals surface area contributed by atoms with Gasteiger partial charge in [0.1, 0.15) is 0 Å². The maximum Gasteiger partial charge on any atom is 0.305 e. The van der Waals surface area contributed by atoms with Crippen molar-refractivity contribution in [1.29, 1.82) is 0 Å². The first kappa shape index (κ1) is 11.0. The van der Waals surface area contributed by atoms with Gasteiger partial charge in [-0.2, -0.15) is 4.98 Å². The Labute approximate surface area is 92.0 Å².